The summed E-state index contributed by atoms with van der Waals surface area (Å²) >= 11 is 0. The van der Waals surface area contributed by atoms with Crippen molar-refractivity contribution in [1.82, 2.24) is 5.32 Å². The maximum atomic E-state index is 5.38. The molecule has 0 saturated heterocycles. The van der Waals surface area contributed by atoms with Crippen LogP contribution in [0.1, 0.15) is 45.4 Å². The minimum atomic E-state index is 0.831. The van der Waals surface area contributed by atoms with Crippen molar-refractivity contribution in [3.05, 3.63) is 0 Å². The molecule has 0 rings (SSSR count). The van der Waals surface area contributed by atoms with Crippen molar-refractivity contribution < 1.29 is 0 Å². The van der Waals surface area contributed by atoms with Crippen LogP contribution in [0.4, 0.5) is 0 Å². The van der Waals surface area contributed by atoms with Crippen molar-refractivity contribution >= 4 is 0 Å². The molecule has 0 unspecified atom stereocenters. The van der Waals surface area contributed by atoms with Crippen LogP contribution in [0.5, 0.6) is 0 Å². The average molecular weight is 172 g/mol. The summed E-state index contributed by atoms with van der Waals surface area (Å²) in [7, 11) is 0. The van der Waals surface area contributed by atoms with Crippen molar-refractivity contribution in [2.24, 2.45) is 5.73 Å². The fourth-order valence-corrected chi connectivity index (χ4v) is 1.20. The zero-order valence-electron chi connectivity index (χ0n) is 8.44. The summed E-state index contributed by atoms with van der Waals surface area (Å²) < 4.78 is 0. The van der Waals surface area contributed by atoms with Gasteiger partial charge in [0.1, 0.15) is 0 Å². The second-order valence-electron chi connectivity index (χ2n) is 3.31. The third-order valence-corrected chi connectivity index (χ3v) is 2.01. The predicted octanol–water partition coefficient (Wildman–Crippen LogP) is 1.90. The van der Waals surface area contributed by atoms with E-state index < -0.39 is 0 Å². The minimum absolute atomic E-state index is 0.831. The van der Waals surface area contributed by atoms with Gasteiger partial charge in [0, 0.05) is 0 Å². The van der Waals surface area contributed by atoms with E-state index >= 15 is 0 Å². The summed E-state index contributed by atoms with van der Waals surface area (Å²) in [6.45, 7) is 5.40. The van der Waals surface area contributed by atoms with Gasteiger partial charge in [-0.3, -0.25) is 0 Å². The SMILES string of the molecule is CCCCCCNCCCCN. The van der Waals surface area contributed by atoms with Gasteiger partial charge in [0.2, 0.25) is 0 Å². The van der Waals surface area contributed by atoms with Crippen LogP contribution in [0.3, 0.4) is 0 Å². The van der Waals surface area contributed by atoms with Crippen molar-refractivity contribution in [1.29, 1.82) is 0 Å². The summed E-state index contributed by atoms with van der Waals surface area (Å²) in [5.74, 6) is 0. The maximum Gasteiger partial charge on any atom is -0.00484 e. The molecule has 0 atom stereocenters. The standard InChI is InChI=1S/C10H24N2/c1-2-3-4-6-9-12-10-7-5-8-11/h12H,2-11H2,1H3. The van der Waals surface area contributed by atoms with Crippen LogP contribution in [0.2, 0.25) is 0 Å². The second-order valence-corrected chi connectivity index (χ2v) is 3.31. The molecule has 0 aromatic rings. The first-order chi connectivity index (χ1) is 5.91. The van der Waals surface area contributed by atoms with Gasteiger partial charge in [-0.2, -0.15) is 0 Å². The average Bonchev–Trinajstić information content (AvgIpc) is 2.10. The van der Waals surface area contributed by atoms with E-state index in [9.17, 15) is 0 Å². The molecule has 0 aliphatic heterocycles. The van der Waals surface area contributed by atoms with Gasteiger partial charge >= 0.3 is 0 Å². The Morgan fingerprint density at radius 3 is 2.17 bits per heavy atom. The zero-order valence-corrected chi connectivity index (χ0v) is 8.44. The molecule has 0 amide bonds. The number of rotatable bonds is 9. The van der Waals surface area contributed by atoms with Crippen LogP contribution in [0, 0.1) is 0 Å². The summed E-state index contributed by atoms with van der Waals surface area (Å²) in [6, 6.07) is 0. The number of hydrogen-bond donors (Lipinski definition) is 2. The number of hydrogen-bond acceptors (Lipinski definition) is 2. The topological polar surface area (TPSA) is 38.0 Å². The number of nitrogens with one attached hydrogen (secondary N) is 1. The zero-order chi connectivity index (χ0) is 9.07. The molecular weight excluding hydrogens is 148 g/mol. The van der Waals surface area contributed by atoms with Crippen molar-refractivity contribution in [3.8, 4) is 0 Å². The molecule has 0 radical (unpaired) electrons. The molecule has 0 aromatic carbocycles. The van der Waals surface area contributed by atoms with Crippen LogP contribution >= 0.6 is 0 Å². The molecule has 0 aliphatic rings. The molecule has 3 N–H and O–H groups in total. The summed E-state index contributed by atoms with van der Waals surface area (Å²) in [4.78, 5) is 0. The Labute approximate surface area is 76.9 Å². The second kappa shape index (κ2) is 10.9. The van der Waals surface area contributed by atoms with Gasteiger partial charge in [-0.15, -0.1) is 0 Å². The molecular formula is C10H24N2. The summed E-state index contributed by atoms with van der Waals surface area (Å²) in [6.07, 6.45) is 7.79. The lowest BCUT2D eigenvalue weighted by Crippen LogP contribution is -2.17. The Bertz CT molecular complexity index is 64.2. The first-order valence-electron chi connectivity index (χ1n) is 5.32. The Balaban J connectivity index is 2.73. The van der Waals surface area contributed by atoms with Gasteiger partial charge in [-0.05, 0) is 38.9 Å². The van der Waals surface area contributed by atoms with E-state index in [4.69, 9.17) is 5.73 Å². The molecule has 0 aromatic heterocycles. The van der Waals surface area contributed by atoms with Crippen LogP contribution in [0.25, 0.3) is 0 Å². The first kappa shape index (κ1) is 11.9. The quantitative estimate of drug-likeness (QED) is 0.521. The largest absolute Gasteiger partial charge is 0.330 e. The highest BCUT2D eigenvalue weighted by Gasteiger charge is 1.88. The number of unbranched alkanes of at least 4 members (excludes halogenated alkanes) is 4. The van der Waals surface area contributed by atoms with E-state index in [1.54, 1.807) is 0 Å². The normalized spacial score (nSPS) is 10.5. The smallest absolute Gasteiger partial charge is 0.00484 e. The van der Waals surface area contributed by atoms with Crippen LogP contribution in [-0.2, 0) is 0 Å². The third kappa shape index (κ3) is 9.92. The third-order valence-electron chi connectivity index (χ3n) is 2.01. The van der Waals surface area contributed by atoms with E-state index in [-0.39, 0.29) is 0 Å². The first-order valence-corrected chi connectivity index (χ1v) is 5.32. The highest BCUT2D eigenvalue weighted by molar-refractivity contribution is 4.49. The molecule has 0 saturated carbocycles. The van der Waals surface area contributed by atoms with Crippen molar-refractivity contribution in [2.75, 3.05) is 19.6 Å². The van der Waals surface area contributed by atoms with E-state index in [0.29, 0.717) is 0 Å². The monoisotopic (exact) mass is 172 g/mol. The van der Waals surface area contributed by atoms with Gasteiger partial charge < -0.3 is 11.1 Å². The molecule has 0 heterocycles. The fourth-order valence-electron chi connectivity index (χ4n) is 1.20. The van der Waals surface area contributed by atoms with E-state index in [1.807, 2.05) is 0 Å². The lowest BCUT2D eigenvalue weighted by Gasteiger charge is -2.02. The molecule has 2 nitrogen and oxygen atoms in total. The molecule has 0 spiro atoms. The Kier molecular flexibility index (Phi) is 10.8. The van der Waals surface area contributed by atoms with Crippen LogP contribution in [-0.4, -0.2) is 19.6 Å². The minimum Gasteiger partial charge on any atom is -0.330 e. The van der Waals surface area contributed by atoms with Gasteiger partial charge in [0.25, 0.3) is 0 Å². The fraction of sp³-hybridized carbons (Fsp3) is 1.00. The Morgan fingerprint density at radius 1 is 0.917 bits per heavy atom. The predicted molar refractivity (Wildman–Crippen MR) is 55.3 cm³/mol. The van der Waals surface area contributed by atoms with Crippen LogP contribution in [0.15, 0.2) is 0 Å². The summed E-state index contributed by atoms with van der Waals surface area (Å²) in [5, 5.41) is 3.42. The lowest BCUT2D eigenvalue weighted by molar-refractivity contribution is 0.577. The van der Waals surface area contributed by atoms with E-state index in [2.05, 4.69) is 12.2 Å². The van der Waals surface area contributed by atoms with Gasteiger partial charge in [0.05, 0.1) is 0 Å². The molecule has 0 bridgehead atoms. The van der Waals surface area contributed by atoms with E-state index in [1.165, 1.54) is 38.6 Å². The Hall–Kier alpha value is -0.0800. The molecule has 0 aliphatic carbocycles. The van der Waals surface area contributed by atoms with Crippen molar-refractivity contribution in [2.45, 2.75) is 45.4 Å². The van der Waals surface area contributed by atoms with E-state index in [0.717, 1.165) is 19.5 Å². The lowest BCUT2D eigenvalue weighted by atomic mass is 10.2. The van der Waals surface area contributed by atoms with Gasteiger partial charge in [-0.1, -0.05) is 26.2 Å². The maximum absolute atomic E-state index is 5.38. The van der Waals surface area contributed by atoms with Gasteiger partial charge in [0.15, 0.2) is 0 Å². The van der Waals surface area contributed by atoms with Crippen molar-refractivity contribution in [3.63, 3.8) is 0 Å². The number of nitrogens with two attached hydrogens (primary N) is 1. The molecule has 0 fully saturated rings. The Morgan fingerprint density at radius 2 is 1.58 bits per heavy atom. The van der Waals surface area contributed by atoms with Crippen LogP contribution < -0.4 is 11.1 Å². The molecule has 74 valence electrons. The summed E-state index contributed by atoms with van der Waals surface area (Å²) in [5.41, 5.74) is 5.38. The molecule has 12 heavy (non-hydrogen) atoms. The highest BCUT2D eigenvalue weighted by atomic mass is 14.8. The highest BCUT2D eigenvalue weighted by Crippen LogP contribution is 1.96. The van der Waals surface area contributed by atoms with Gasteiger partial charge in [-0.25, -0.2) is 0 Å². The molecule has 2 heteroatoms.